The maximum absolute atomic E-state index is 11.5. The second-order valence-corrected chi connectivity index (χ2v) is 3.89. The Morgan fingerprint density at radius 3 is 2.93 bits per heavy atom. The van der Waals surface area contributed by atoms with Gasteiger partial charge in [0.1, 0.15) is 12.1 Å². The fraction of sp³-hybridized carbons (Fsp3) is 0.800. The summed E-state index contributed by atoms with van der Waals surface area (Å²) in [5.74, 6) is -0.446. The molecule has 2 aliphatic rings. The Labute approximate surface area is 88.3 Å². The molecule has 0 aromatic rings. The van der Waals surface area contributed by atoms with Crippen LogP contribution < -0.4 is 0 Å². The third-order valence-corrected chi connectivity index (χ3v) is 3.08. The van der Waals surface area contributed by atoms with Crippen molar-refractivity contribution in [3.05, 3.63) is 0 Å². The van der Waals surface area contributed by atoms with Crippen molar-refractivity contribution in [3.63, 3.8) is 0 Å². The summed E-state index contributed by atoms with van der Waals surface area (Å²) in [5.41, 5.74) is 0. The molecule has 0 aromatic carbocycles. The number of nitrogens with zero attached hydrogens (tertiary/aromatic N) is 1. The highest BCUT2D eigenvalue weighted by Crippen LogP contribution is 2.25. The molecule has 0 saturated carbocycles. The van der Waals surface area contributed by atoms with E-state index in [9.17, 15) is 9.59 Å². The molecule has 5 heteroatoms. The van der Waals surface area contributed by atoms with E-state index in [0.717, 1.165) is 19.4 Å². The standard InChI is InChI=1S/C10H15NO4/c1-14-9(12)7-3-2-5-11(7)8-4-6-15-10(8)13/h7-8H,2-6H2,1H3. The van der Waals surface area contributed by atoms with E-state index in [4.69, 9.17) is 9.47 Å². The minimum Gasteiger partial charge on any atom is -0.468 e. The van der Waals surface area contributed by atoms with Crippen molar-refractivity contribution >= 4 is 11.9 Å². The molecule has 2 saturated heterocycles. The molecule has 2 heterocycles. The van der Waals surface area contributed by atoms with Gasteiger partial charge >= 0.3 is 11.9 Å². The van der Waals surface area contributed by atoms with E-state index in [-0.39, 0.29) is 24.0 Å². The van der Waals surface area contributed by atoms with E-state index in [1.807, 2.05) is 4.90 Å². The van der Waals surface area contributed by atoms with Crippen LogP contribution in [0.5, 0.6) is 0 Å². The number of esters is 2. The molecule has 15 heavy (non-hydrogen) atoms. The quantitative estimate of drug-likeness (QED) is 0.601. The van der Waals surface area contributed by atoms with Crippen LogP contribution in [0.1, 0.15) is 19.3 Å². The Bertz CT molecular complexity index is 279. The van der Waals surface area contributed by atoms with E-state index in [1.54, 1.807) is 0 Å². The van der Waals surface area contributed by atoms with Gasteiger partial charge in [0.25, 0.3) is 0 Å². The van der Waals surface area contributed by atoms with Crippen LogP contribution in [-0.4, -0.2) is 49.2 Å². The largest absolute Gasteiger partial charge is 0.468 e. The molecule has 0 amide bonds. The first-order valence-electron chi connectivity index (χ1n) is 5.24. The van der Waals surface area contributed by atoms with Crippen molar-refractivity contribution in [1.29, 1.82) is 0 Å². The van der Waals surface area contributed by atoms with E-state index < -0.39 is 0 Å². The van der Waals surface area contributed by atoms with Crippen LogP contribution in [0.4, 0.5) is 0 Å². The zero-order valence-corrected chi connectivity index (χ0v) is 8.77. The van der Waals surface area contributed by atoms with E-state index >= 15 is 0 Å². The number of likely N-dealkylation sites (tertiary alicyclic amines) is 1. The lowest BCUT2D eigenvalue weighted by atomic mass is 10.1. The zero-order chi connectivity index (χ0) is 10.8. The summed E-state index contributed by atoms with van der Waals surface area (Å²) in [6, 6.07) is -0.498. The summed E-state index contributed by atoms with van der Waals surface area (Å²) >= 11 is 0. The lowest BCUT2D eigenvalue weighted by molar-refractivity contribution is -0.149. The number of hydrogen-bond acceptors (Lipinski definition) is 5. The molecular formula is C10H15NO4. The van der Waals surface area contributed by atoms with Gasteiger partial charge in [0.2, 0.25) is 0 Å². The zero-order valence-electron chi connectivity index (χ0n) is 8.77. The van der Waals surface area contributed by atoms with E-state index in [0.29, 0.717) is 13.0 Å². The smallest absolute Gasteiger partial charge is 0.323 e. The van der Waals surface area contributed by atoms with Crippen LogP contribution in [0, 0.1) is 0 Å². The number of hydrogen-bond donors (Lipinski definition) is 0. The fourth-order valence-electron chi connectivity index (χ4n) is 2.34. The minimum absolute atomic E-state index is 0.203. The van der Waals surface area contributed by atoms with Gasteiger partial charge in [0.15, 0.2) is 0 Å². The van der Waals surface area contributed by atoms with Gasteiger partial charge in [-0.25, -0.2) is 0 Å². The number of carbonyl (C=O) groups excluding carboxylic acids is 2. The van der Waals surface area contributed by atoms with Crippen LogP contribution in [-0.2, 0) is 19.1 Å². The van der Waals surface area contributed by atoms with E-state index in [2.05, 4.69) is 0 Å². The van der Waals surface area contributed by atoms with Crippen LogP contribution in [0.25, 0.3) is 0 Å². The highest BCUT2D eigenvalue weighted by Gasteiger charge is 2.41. The molecule has 84 valence electrons. The molecule has 2 aliphatic heterocycles. The first kappa shape index (κ1) is 10.4. The second-order valence-electron chi connectivity index (χ2n) is 3.89. The van der Waals surface area contributed by atoms with Gasteiger partial charge in [-0.2, -0.15) is 0 Å². The molecule has 2 fully saturated rings. The Morgan fingerprint density at radius 1 is 1.53 bits per heavy atom. The summed E-state index contributed by atoms with van der Waals surface area (Å²) in [6.07, 6.45) is 2.40. The van der Waals surface area contributed by atoms with Gasteiger partial charge in [-0.3, -0.25) is 14.5 Å². The Morgan fingerprint density at radius 2 is 2.33 bits per heavy atom. The first-order chi connectivity index (χ1) is 7.24. The van der Waals surface area contributed by atoms with Crippen LogP contribution in [0.3, 0.4) is 0 Å². The maximum atomic E-state index is 11.5. The molecule has 2 atom stereocenters. The second kappa shape index (κ2) is 4.18. The fourth-order valence-corrected chi connectivity index (χ4v) is 2.34. The number of cyclic esters (lactones) is 1. The van der Waals surface area contributed by atoms with Crippen molar-refractivity contribution in [3.8, 4) is 0 Å². The SMILES string of the molecule is COC(=O)C1CCCN1C1CCOC1=O. The highest BCUT2D eigenvalue weighted by atomic mass is 16.5. The van der Waals surface area contributed by atoms with Crippen LogP contribution in [0.2, 0.25) is 0 Å². The van der Waals surface area contributed by atoms with Gasteiger partial charge in [0, 0.05) is 6.42 Å². The summed E-state index contributed by atoms with van der Waals surface area (Å²) < 4.78 is 9.63. The number of ether oxygens (including phenoxy) is 2. The molecule has 0 aliphatic carbocycles. The predicted molar refractivity (Wildman–Crippen MR) is 51.1 cm³/mol. The molecule has 0 bridgehead atoms. The monoisotopic (exact) mass is 213 g/mol. The molecule has 5 nitrogen and oxygen atoms in total. The van der Waals surface area contributed by atoms with Gasteiger partial charge in [-0.15, -0.1) is 0 Å². The van der Waals surface area contributed by atoms with E-state index in [1.165, 1.54) is 7.11 Å². The topological polar surface area (TPSA) is 55.8 Å². The molecule has 2 unspecified atom stereocenters. The van der Waals surface area contributed by atoms with Crippen LogP contribution >= 0.6 is 0 Å². The molecule has 2 rings (SSSR count). The molecule has 0 N–H and O–H groups in total. The molecule has 0 spiro atoms. The van der Waals surface area contributed by atoms with Gasteiger partial charge in [-0.1, -0.05) is 0 Å². The third-order valence-electron chi connectivity index (χ3n) is 3.08. The Balaban J connectivity index is 2.07. The summed E-state index contributed by atoms with van der Waals surface area (Å²) in [5, 5.41) is 0. The lowest BCUT2D eigenvalue weighted by Crippen LogP contribution is -2.45. The third kappa shape index (κ3) is 1.84. The van der Waals surface area contributed by atoms with Crippen molar-refractivity contribution < 1.29 is 19.1 Å². The molecule has 0 radical (unpaired) electrons. The Kier molecular flexibility index (Phi) is 2.90. The van der Waals surface area contributed by atoms with Gasteiger partial charge in [0.05, 0.1) is 13.7 Å². The summed E-state index contributed by atoms with van der Waals surface area (Å²) in [4.78, 5) is 24.8. The lowest BCUT2D eigenvalue weighted by Gasteiger charge is -2.25. The van der Waals surface area contributed by atoms with Crippen molar-refractivity contribution in [2.45, 2.75) is 31.3 Å². The summed E-state index contributed by atoms with van der Waals surface area (Å²) in [7, 11) is 1.38. The van der Waals surface area contributed by atoms with Gasteiger partial charge < -0.3 is 9.47 Å². The van der Waals surface area contributed by atoms with Crippen molar-refractivity contribution in [1.82, 2.24) is 4.90 Å². The summed E-state index contributed by atoms with van der Waals surface area (Å²) in [6.45, 7) is 1.24. The van der Waals surface area contributed by atoms with Gasteiger partial charge in [-0.05, 0) is 19.4 Å². The maximum Gasteiger partial charge on any atom is 0.323 e. The number of carbonyl (C=O) groups is 2. The van der Waals surface area contributed by atoms with Crippen LogP contribution in [0.15, 0.2) is 0 Å². The normalized spacial score (nSPS) is 31.7. The van der Waals surface area contributed by atoms with Crippen molar-refractivity contribution in [2.75, 3.05) is 20.3 Å². The predicted octanol–water partition coefficient (Wildman–Crippen LogP) is -0.0607. The first-order valence-corrected chi connectivity index (χ1v) is 5.24. The average molecular weight is 213 g/mol. The number of rotatable bonds is 2. The minimum atomic E-state index is -0.259. The molecule has 0 aromatic heterocycles. The highest BCUT2D eigenvalue weighted by molar-refractivity contribution is 5.81. The van der Waals surface area contributed by atoms with Crippen molar-refractivity contribution in [2.24, 2.45) is 0 Å². The average Bonchev–Trinajstić information content (AvgIpc) is 2.84. The molecular weight excluding hydrogens is 198 g/mol. The number of methoxy groups -OCH3 is 1. The Hall–Kier alpha value is -1.10.